The molecule has 1 aromatic heterocycles. The maximum Gasteiger partial charge on any atom is 0.416 e. The number of pyridine rings is 1. The predicted octanol–water partition coefficient (Wildman–Crippen LogP) is 7.18. The Hall–Kier alpha value is -3.87. The van der Waals surface area contributed by atoms with Crippen LogP contribution in [0.15, 0.2) is 72.8 Å². The van der Waals surface area contributed by atoms with Crippen molar-refractivity contribution < 1.29 is 18.0 Å². The van der Waals surface area contributed by atoms with Crippen LogP contribution in [0.1, 0.15) is 16.8 Å². The van der Waals surface area contributed by atoms with Gasteiger partial charge in [-0.05, 0) is 67.4 Å². The highest BCUT2D eigenvalue weighted by molar-refractivity contribution is 6.02. The van der Waals surface area contributed by atoms with E-state index in [9.17, 15) is 18.0 Å². The first kappa shape index (κ1) is 21.4. The second-order valence-electron chi connectivity index (χ2n) is 7.57. The molecule has 0 unspecified atom stereocenters. The molecule has 0 radical (unpaired) electrons. The van der Waals surface area contributed by atoms with Gasteiger partial charge in [0.2, 0.25) is 0 Å². The second-order valence-corrected chi connectivity index (χ2v) is 7.57. The summed E-state index contributed by atoms with van der Waals surface area (Å²) in [6.07, 6.45) is -4.49. The molecule has 4 aromatic rings. The number of carbonyl (C=O) groups excluding carboxylic acids is 1. The van der Waals surface area contributed by atoms with Crippen molar-refractivity contribution in [2.75, 3.05) is 10.6 Å². The molecule has 7 heteroatoms. The number of urea groups is 1. The van der Waals surface area contributed by atoms with Gasteiger partial charge in [-0.15, -0.1) is 0 Å². The van der Waals surface area contributed by atoms with Gasteiger partial charge in [0, 0.05) is 22.3 Å². The van der Waals surface area contributed by atoms with Gasteiger partial charge in [-0.2, -0.15) is 13.2 Å². The van der Waals surface area contributed by atoms with Gasteiger partial charge in [0.25, 0.3) is 0 Å². The summed E-state index contributed by atoms with van der Waals surface area (Å²) in [6, 6.07) is 19.8. The van der Waals surface area contributed by atoms with E-state index in [1.807, 2.05) is 49.4 Å². The van der Waals surface area contributed by atoms with Gasteiger partial charge in [-0.1, -0.05) is 30.3 Å². The number of anilines is 2. The number of aryl methyl sites for hydroxylation is 2. The first-order chi connectivity index (χ1) is 15.2. The summed E-state index contributed by atoms with van der Waals surface area (Å²) in [7, 11) is 0. The molecule has 3 aromatic carbocycles. The van der Waals surface area contributed by atoms with Crippen LogP contribution < -0.4 is 10.6 Å². The minimum absolute atomic E-state index is 0.0689. The van der Waals surface area contributed by atoms with Crippen LogP contribution in [0.5, 0.6) is 0 Å². The molecule has 0 bridgehead atoms. The maximum absolute atomic E-state index is 13.1. The lowest BCUT2D eigenvalue weighted by Crippen LogP contribution is -2.20. The Morgan fingerprint density at radius 3 is 2.44 bits per heavy atom. The molecular formula is C25H20F3N3O. The van der Waals surface area contributed by atoms with Gasteiger partial charge < -0.3 is 10.6 Å². The minimum atomic E-state index is -4.49. The SMILES string of the molecule is Cc1cc(NC(=O)Nc2ccccc2-c2ccc3nc(C)ccc3c2)cc(C(F)(F)F)c1. The molecule has 0 spiro atoms. The molecular weight excluding hydrogens is 415 g/mol. The van der Waals surface area contributed by atoms with Crippen LogP contribution >= 0.6 is 0 Å². The Balaban J connectivity index is 1.59. The zero-order chi connectivity index (χ0) is 22.9. The quantitative estimate of drug-likeness (QED) is 0.358. The lowest BCUT2D eigenvalue weighted by molar-refractivity contribution is -0.137. The topological polar surface area (TPSA) is 54.0 Å². The summed E-state index contributed by atoms with van der Waals surface area (Å²) in [6.45, 7) is 3.47. The van der Waals surface area contributed by atoms with E-state index in [1.54, 1.807) is 19.1 Å². The Morgan fingerprint density at radius 2 is 1.66 bits per heavy atom. The zero-order valence-electron chi connectivity index (χ0n) is 17.4. The summed E-state index contributed by atoms with van der Waals surface area (Å²) in [5.41, 5.74) is 3.65. The molecule has 0 saturated carbocycles. The smallest absolute Gasteiger partial charge is 0.308 e. The molecule has 0 aliphatic rings. The Labute approximate surface area is 183 Å². The second kappa shape index (κ2) is 8.34. The van der Waals surface area contributed by atoms with Gasteiger partial charge in [-0.25, -0.2) is 4.79 Å². The van der Waals surface area contributed by atoms with Gasteiger partial charge >= 0.3 is 12.2 Å². The van der Waals surface area contributed by atoms with Crippen LogP contribution in [0.3, 0.4) is 0 Å². The molecule has 0 fully saturated rings. The number of carbonyl (C=O) groups is 1. The Morgan fingerprint density at radius 1 is 0.875 bits per heavy atom. The minimum Gasteiger partial charge on any atom is -0.308 e. The molecule has 0 atom stereocenters. The van der Waals surface area contributed by atoms with Crippen molar-refractivity contribution in [1.82, 2.24) is 4.98 Å². The van der Waals surface area contributed by atoms with Gasteiger partial charge in [0.05, 0.1) is 16.8 Å². The summed E-state index contributed by atoms with van der Waals surface area (Å²) < 4.78 is 39.2. The number of rotatable bonds is 3. The number of benzene rings is 3. The molecule has 2 N–H and O–H groups in total. The fourth-order valence-electron chi connectivity index (χ4n) is 3.54. The number of fused-ring (bicyclic) bond motifs is 1. The van der Waals surface area contributed by atoms with Crippen LogP contribution in [0.4, 0.5) is 29.3 Å². The van der Waals surface area contributed by atoms with Crippen molar-refractivity contribution in [2.24, 2.45) is 0 Å². The summed E-state index contributed by atoms with van der Waals surface area (Å²) in [5.74, 6) is 0. The first-order valence-corrected chi connectivity index (χ1v) is 9.93. The van der Waals surface area contributed by atoms with Crippen LogP contribution in [0, 0.1) is 13.8 Å². The number of halogens is 3. The van der Waals surface area contributed by atoms with Crippen LogP contribution in [0.2, 0.25) is 0 Å². The lowest BCUT2D eigenvalue weighted by Gasteiger charge is -2.14. The van der Waals surface area contributed by atoms with E-state index < -0.39 is 17.8 Å². The normalized spacial score (nSPS) is 11.4. The van der Waals surface area contributed by atoms with Crippen LogP contribution in [-0.4, -0.2) is 11.0 Å². The van der Waals surface area contributed by atoms with Gasteiger partial charge in [0.1, 0.15) is 0 Å². The number of alkyl halides is 3. The molecule has 0 saturated heterocycles. The number of nitrogens with one attached hydrogen (secondary N) is 2. The average molecular weight is 435 g/mol. The molecule has 32 heavy (non-hydrogen) atoms. The van der Waals surface area contributed by atoms with E-state index in [0.29, 0.717) is 11.3 Å². The predicted molar refractivity (Wildman–Crippen MR) is 121 cm³/mol. The third-order valence-electron chi connectivity index (χ3n) is 4.98. The number of hydrogen-bond acceptors (Lipinski definition) is 2. The maximum atomic E-state index is 13.1. The number of aromatic nitrogens is 1. The van der Waals surface area contributed by atoms with E-state index in [0.717, 1.165) is 39.9 Å². The summed E-state index contributed by atoms with van der Waals surface area (Å²) in [5, 5.41) is 6.21. The highest BCUT2D eigenvalue weighted by Crippen LogP contribution is 2.33. The van der Waals surface area contributed by atoms with Gasteiger partial charge in [-0.3, -0.25) is 4.98 Å². The molecule has 0 aliphatic heterocycles. The number of amides is 2. The number of nitrogens with zero attached hydrogens (tertiary/aromatic N) is 1. The molecule has 1 heterocycles. The number of hydrogen-bond donors (Lipinski definition) is 2. The fraction of sp³-hybridized carbons (Fsp3) is 0.120. The van der Waals surface area contributed by atoms with Crippen molar-refractivity contribution in [1.29, 1.82) is 0 Å². The summed E-state index contributed by atoms with van der Waals surface area (Å²) in [4.78, 5) is 17.1. The van der Waals surface area contributed by atoms with E-state index >= 15 is 0 Å². The monoisotopic (exact) mass is 435 g/mol. The van der Waals surface area contributed by atoms with E-state index in [-0.39, 0.29) is 5.69 Å². The molecule has 162 valence electrons. The Kier molecular flexibility index (Phi) is 5.57. The fourth-order valence-corrected chi connectivity index (χ4v) is 3.54. The Bertz CT molecular complexity index is 1320. The molecule has 4 rings (SSSR count). The van der Waals surface area contributed by atoms with Crippen molar-refractivity contribution in [3.63, 3.8) is 0 Å². The van der Waals surface area contributed by atoms with Crippen LogP contribution in [0.25, 0.3) is 22.0 Å². The van der Waals surface area contributed by atoms with Crippen LogP contribution in [-0.2, 0) is 6.18 Å². The molecule has 2 amide bonds. The van der Waals surface area contributed by atoms with E-state index in [4.69, 9.17) is 0 Å². The van der Waals surface area contributed by atoms with Crippen molar-refractivity contribution in [3.05, 3.63) is 89.6 Å². The summed E-state index contributed by atoms with van der Waals surface area (Å²) >= 11 is 0. The van der Waals surface area contributed by atoms with Crippen molar-refractivity contribution in [3.8, 4) is 11.1 Å². The molecule has 4 nitrogen and oxygen atoms in total. The third-order valence-corrected chi connectivity index (χ3v) is 4.98. The zero-order valence-corrected chi connectivity index (χ0v) is 17.4. The highest BCUT2D eigenvalue weighted by atomic mass is 19.4. The third kappa shape index (κ3) is 4.72. The largest absolute Gasteiger partial charge is 0.416 e. The van der Waals surface area contributed by atoms with Gasteiger partial charge in [0.15, 0.2) is 0 Å². The lowest BCUT2D eigenvalue weighted by atomic mass is 10.0. The number of para-hydroxylation sites is 1. The highest BCUT2D eigenvalue weighted by Gasteiger charge is 2.31. The average Bonchev–Trinajstić information content (AvgIpc) is 2.72. The first-order valence-electron chi connectivity index (χ1n) is 9.93. The van der Waals surface area contributed by atoms with Crippen molar-refractivity contribution in [2.45, 2.75) is 20.0 Å². The van der Waals surface area contributed by atoms with E-state index in [2.05, 4.69) is 15.6 Å². The standard InChI is InChI=1S/C25H20F3N3O/c1-15-11-19(25(26,27)28)14-20(12-15)30-24(32)31-23-6-4-3-5-21(23)17-9-10-22-18(13-17)8-7-16(2)29-22/h3-14H,1-2H3,(H2,30,31,32). The molecule has 0 aliphatic carbocycles. The van der Waals surface area contributed by atoms with Crippen molar-refractivity contribution >= 4 is 28.3 Å². The van der Waals surface area contributed by atoms with E-state index in [1.165, 1.54) is 6.07 Å².